The number of furan rings is 1. The van der Waals surface area contributed by atoms with E-state index in [1.807, 2.05) is 12.1 Å². The van der Waals surface area contributed by atoms with Crippen molar-refractivity contribution in [1.82, 2.24) is 4.90 Å². The minimum atomic E-state index is -0.838. The van der Waals surface area contributed by atoms with E-state index in [1.54, 1.807) is 6.26 Å². The van der Waals surface area contributed by atoms with Gasteiger partial charge in [0, 0.05) is 19.2 Å². The fourth-order valence-electron chi connectivity index (χ4n) is 1.94. The van der Waals surface area contributed by atoms with Gasteiger partial charge in [-0.2, -0.15) is 0 Å². The molecule has 1 N–H and O–H groups in total. The van der Waals surface area contributed by atoms with Crippen molar-refractivity contribution in [3.8, 4) is 0 Å². The predicted molar refractivity (Wildman–Crippen MR) is 58.9 cm³/mol. The van der Waals surface area contributed by atoms with Gasteiger partial charge in [0.15, 0.2) is 0 Å². The lowest BCUT2D eigenvalue weighted by atomic mass is 10.0. The monoisotopic (exact) mass is 221 g/mol. The van der Waals surface area contributed by atoms with E-state index in [4.69, 9.17) is 9.52 Å². The van der Waals surface area contributed by atoms with E-state index in [0.717, 1.165) is 43.8 Å². The van der Waals surface area contributed by atoms with E-state index in [2.05, 4.69) is 4.90 Å². The van der Waals surface area contributed by atoms with Crippen LogP contribution in [0.25, 0.3) is 0 Å². The van der Waals surface area contributed by atoms with Gasteiger partial charge in [0.05, 0.1) is 12.8 Å². The topological polar surface area (TPSA) is 53.7 Å². The highest BCUT2D eigenvalue weighted by molar-refractivity contribution is 5.80. The zero-order valence-electron chi connectivity index (χ0n) is 9.06. The average Bonchev–Trinajstić information content (AvgIpc) is 2.73. The maximum atomic E-state index is 10.5. The van der Waals surface area contributed by atoms with Crippen LogP contribution in [-0.2, 0) is 11.3 Å². The van der Waals surface area contributed by atoms with Crippen molar-refractivity contribution in [2.24, 2.45) is 0 Å². The van der Waals surface area contributed by atoms with Crippen LogP contribution in [0.15, 0.2) is 34.5 Å². The molecule has 1 aliphatic rings. The van der Waals surface area contributed by atoms with E-state index in [-0.39, 0.29) is 0 Å². The molecule has 0 spiro atoms. The first-order valence-corrected chi connectivity index (χ1v) is 5.41. The number of nitrogens with zero attached hydrogens (tertiary/aromatic N) is 1. The van der Waals surface area contributed by atoms with Gasteiger partial charge in [-0.3, -0.25) is 4.90 Å². The fraction of sp³-hybridized carbons (Fsp3) is 0.417. The second-order valence-electron chi connectivity index (χ2n) is 4.00. The number of carboxylic acids is 1. The number of aliphatic carboxylic acids is 1. The van der Waals surface area contributed by atoms with Gasteiger partial charge < -0.3 is 9.52 Å². The molecule has 1 fully saturated rings. The van der Waals surface area contributed by atoms with Crippen molar-refractivity contribution < 1.29 is 14.3 Å². The molecule has 0 aliphatic carbocycles. The second-order valence-corrected chi connectivity index (χ2v) is 4.00. The van der Waals surface area contributed by atoms with Gasteiger partial charge in [0.25, 0.3) is 0 Å². The highest BCUT2D eigenvalue weighted by Gasteiger charge is 2.15. The zero-order chi connectivity index (χ0) is 11.4. The number of carbonyl (C=O) groups is 1. The molecule has 0 radical (unpaired) electrons. The van der Waals surface area contributed by atoms with Gasteiger partial charge in [-0.25, -0.2) is 4.79 Å². The minimum Gasteiger partial charge on any atom is -0.478 e. The van der Waals surface area contributed by atoms with E-state index in [1.165, 1.54) is 6.08 Å². The Balaban J connectivity index is 1.84. The molecule has 0 atom stereocenters. The Hall–Kier alpha value is -1.55. The van der Waals surface area contributed by atoms with Crippen LogP contribution in [0.3, 0.4) is 0 Å². The number of piperidine rings is 1. The lowest BCUT2D eigenvalue weighted by Gasteiger charge is -2.27. The smallest absolute Gasteiger partial charge is 0.328 e. The molecule has 0 aromatic carbocycles. The van der Waals surface area contributed by atoms with E-state index in [9.17, 15) is 4.79 Å². The van der Waals surface area contributed by atoms with Crippen LogP contribution in [0.5, 0.6) is 0 Å². The van der Waals surface area contributed by atoms with Crippen LogP contribution in [-0.4, -0.2) is 29.1 Å². The molecule has 4 nitrogen and oxygen atoms in total. The molecule has 1 aliphatic heterocycles. The number of hydrogen-bond acceptors (Lipinski definition) is 3. The number of rotatable bonds is 3. The van der Waals surface area contributed by atoms with Gasteiger partial charge in [-0.15, -0.1) is 0 Å². The molecular weight excluding hydrogens is 206 g/mol. The molecular formula is C12H15NO3. The van der Waals surface area contributed by atoms with E-state index in [0.29, 0.717) is 0 Å². The molecule has 1 aromatic rings. The summed E-state index contributed by atoms with van der Waals surface area (Å²) in [6.45, 7) is 2.62. The Bertz CT molecular complexity index is 371. The van der Waals surface area contributed by atoms with Gasteiger partial charge in [-0.1, -0.05) is 5.57 Å². The summed E-state index contributed by atoms with van der Waals surface area (Å²) in [6, 6.07) is 3.84. The maximum absolute atomic E-state index is 10.5. The molecule has 4 heteroatoms. The summed E-state index contributed by atoms with van der Waals surface area (Å²) in [5.74, 6) is 0.125. The first kappa shape index (κ1) is 11.0. The highest BCUT2D eigenvalue weighted by atomic mass is 16.4. The summed E-state index contributed by atoms with van der Waals surface area (Å²) >= 11 is 0. The lowest BCUT2D eigenvalue weighted by Crippen LogP contribution is -2.30. The molecule has 0 unspecified atom stereocenters. The molecule has 0 bridgehead atoms. The largest absolute Gasteiger partial charge is 0.478 e. The summed E-state index contributed by atoms with van der Waals surface area (Å²) in [7, 11) is 0. The average molecular weight is 221 g/mol. The first-order chi connectivity index (χ1) is 7.74. The maximum Gasteiger partial charge on any atom is 0.328 e. The fourth-order valence-corrected chi connectivity index (χ4v) is 1.94. The lowest BCUT2D eigenvalue weighted by molar-refractivity contribution is -0.131. The minimum absolute atomic E-state index is 0.813. The third kappa shape index (κ3) is 2.97. The Morgan fingerprint density at radius 2 is 2.25 bits per heavy atom. The van der Waals surface area contributed by atoms with Gasteiger partial charge in [-0.05, 0) is 25.0 Å². The molecule has 2 rings (SSSR count). The number of carboxylic acid groups (broad SMARTS) is 1. The highest BCUT2D eigenvalue weighted by Crippen LogP contribution is 2.18. The number of hydrogen-bond donors (Lipinski definition) is 1. The van der Waals surface area contributed by atoms with Crippen LogP contribution < -0.4 is 0 Å². The summed E-state index contributed by atoms with van der Waals surface area (Å²) in [5, 5.41) is 8.63. The van der Waals surface area contributed by atoms with Crippen LogP contribution in [0.1, 0.15) is 18.6 Å². The van der Waals surface area contributed by atoms with Crippen LogP contribution in [0.4, 0.5) is 0 Å². The molecule has 1 aromatic heterocycles. The molecule has 16 heavy (non-hydrogen) atoms. The summed E-state index contributed by atoms with van der Waals surface area (Å²) in [4.78, 5) is 12.8. The van der Waals surface area contributed by atoms with Crippen molar-refractivity contribution in [3.05, 3.63) is 35.8 Å². The van der Waals surface area contributed by atoms with Crippen molar-refractivity contribution in [1.29, 1.82) is 0 Å². The Morgan fingerprint density at radius 3 is 2.81 bits per heavy atom. The Morgan fingerprint density at radius 1 is 1.50 bits per heavy atom. The van der Waals surface area contributed by atoms with Gasteiger partial charge in [0.2, 0.25) is 0 Å². The zero-order valence-corrected chi connectivity index (χ0v) is 9.06. The Kier molecular flexibility index (Phi) is 3.41. The SMILES string of the molecule is O=C(O)C=C1CCN(Cc2ccco2)CC1. The van der Waals surface area contributed by atoms with Gasteiger partial charge in [0.1, 0.15) is 5.76 Å². The normalized spacial score (nSPS) is 17.4. The predicted octanol–water partition coefficient (Wildman–Crippen LogP) is 1.89. The molecule has 0 amide bonds. The molecule has 1 saturated heterocycles. The Labute approximate surface area is 94.2 Å². The van der Waals surface area contributed by atoms with Crippen molar-refractivity contribution >= 4 is 5.97 Å². The van der Waals surface area contributed by atoms with Crippen molar-refractivity contribution in [2.45, 2.75) is 19.4 Å². The third-order valence-electron chi connectivity index (χ3n) is 2.79. The van der Waals surface area contributed by atoms with Crippen molar-refractivity contribution in [2.75, 3.05) is 13.1 Å². The van der Waals surface area contributed by atoms with E-state index >= 15 is 0 Å². The summed E-state index contributed by atoms with van der Waals surface area (Å²) in [6.07, 6.45) is 4.69. The van der Waals surface area contributed by atoms with Crippen LogP contribution in [0.2, 0.25) is 0 Å². The summed E-state index contributed by atoms with van der Waals surface area (Å²) < 4.78 is 5.28. The standard InChI is InChI=1S/C12H15NO3/c14-12(15)8-10-3-5-13(6-4-10)9-11-2-1-7-16-11/h1-2,7-8H,3-6,9H2,(H,14,15). The number of likely N-dealkylation sites (tertiary alicyclic amines) is 1. The van der Waals surface area contributed by atoms with Crippen molar-refractivity contribution in [3.63, 3.8) is 0 Å². The van der Waals surface area contributed by atoms with Gasteiger partial charge >= 0.3 is 5.97 Å². The van der Waals surface area contributed by atoms with E-state index < -0.39 is 5.97 Å². The van der Waals surface area contributed by atoms with Crippen LogP contribution >= 0.6 is 0 Å². The first-order valence-electron chi connectivity index (χ1n) is 5.41. The second kappa shape index (κ2) is 4.99. The van der Waals surface area contributed by atoms with Crippen LogP contribution in [0, 0.1) is 0 Å². The quantitative estimate of drug-likeness (QED) is 0.792. The molecule has 0 saturated carbocycles. The summed E-state index contributed by atoms with van der Waals surface area (Å²) in [5.41, 5.74) is 1.03. The third-order valence-corrected chi connectivity index (χ3v) is 2.79. The molecule has 2 heterocycles. The molecule has 86 valence electrons.